The number of aryl methyl sites for hydroxylation is 1. The molecule has 0 atom stereocenters. The molecule has 1 aromatic carbocycles. The fraction of sp³-hybridized carbons (Fsp3) is 0.333. The van der Waals surface area contributed by atoms with Crippen LogP contribution in [-0.4, -0.2) is 49.1 Å². The van der Waals surface area contributed by atoms with Crippen molar-refractivity contribution in [2.45, 2.75) is 13.5 Å². The van der Waals surface area contributed by atoms with E-state index in [-0.39, 0.29) is 5.91 Å². The molecule has 5 nitrogen and oxygen atoms in total. The molecule has 1 saturated heterocycles. The van der Waals surface area contributed by atoms with Crippen LogP contribution in [-0.2, 0) is 11.3 Å². The molecular weight excluding hydrogens is 390 g/mol. The zero-order valence-electron chi connectivity index (χ0n) is 16.1. The van der Waals surface area contributed by atoms with E-state index in [9.17, 15) is 4.79 Å². The van der Waals surface area contributed by atoms with Crippen LogP contribution in [0.15, 0.2) is 41.1 Å². The molecule has 2 aromatic heterocycles. The van der Waals surface area contributed by atoms with Gasteiger partial charge in [0.2, 0.25) is 0 Å². The van der Waals surface area contributed by atoms with E-state index in [1.807, 2.05) is 25.4 Å². The Bertz CT molecular complexity index is 929. The Kier molecular flexibility index (Phi) is 5.75. The molecule has 1 aliphatic rings. The van der Waals surface area contributed by atoms with Crippen LogP contribution in [0.25, 0.3) is 10.6 Å². The number of benzene rings is 1. The summed E-state index contributed by atoms with van der Waals surface area (Å²) in [4.78, 5) is 22.3. The Hall–Kier alpha value is -2.22. The van der Waals surface area contributed by atoms with E-state index in [0.717, 1.165) is 48.1 Å². The van der Waals surface area contributed by atoms with Gasteiger partial charge in [0.15, 0.2) is 0 Å². The van der Waals surface area contributed by atoms with Crippen molar-refractivity contribution in [1.82, 2.24) is 9.88 Å². The van der Waals surface area contributed by atoms with Gasteiger partial charge in [-0.25, -0.2) is 4.98 Å². The maximum atomic E-state index is 12.9. The van der Waals surface area contributed by atoms with E-state index in [1.54, 1.807) is 16.2 Å². The minimum absolute atomic E-state index is 0.0220. The summed E-state index contributed by atoms with van der Waals surface area (Å²) in [7, 11) is 1.85. The molecule has 0 bridgehead atoms. The average molecular weight is 414 g/mol. The molecule has 3 aromatic rings. The second-order valence-electron chi connectivity index (χ2n) is 6.87. The number of thiophene rings is 1. The van der Waals surface area contributed by atoms with Crippen molar-refractivity contribution in [3.8, 4) is 10.6 Å². The van der Waals surface area contributed by atoms with E-state index < -0.39 is 0 Å². The molecule has 0 spiro atoms. The van der Waals surface area contributed by atoms with Crippen molar-refractivity contribution < 1.29 is 9.53 Å². The number of ether oxygens (including phenoxy) is 1. The first kappa shape index (κ1) is 19.1. The van der Waals surface area contributed by atoms with Crippen LogP contribution in [0.3, 0.4) is 0 Å². The van der Waals surface area contributed by atoms with Gasteiger partial charge in [-0.05, 0) is 36.1 Å². The maximum absolute atomic E-state index is 12.9. The summed E-state index contributed by atoms with van der Waals surface area (Å²) in [5.41, 5.74) is 4.21. The SMILES string of the molecule is Cc1nc(-c2ccsc2)sc1C(=O)N(C)Cc1ccc(N2CCOCC2)cc1. The molecule has 1 aliphatic heterocycles. The van der Waals surface area contributed by atoms with Gasteiger partial charge in [-0.15, -0.1) is 11.3 Å². The normalized spacial score (nSPS) is 14.3. The predicted molar refractivity (Wildman–Crippen MR) is 115 cm³/mol. The van der Waals surface area contributed by atoms with E-state index in [0.29, 0.717) is 11.4 Å². The van der Waals surface area contributed by atoms with E-state index in [4.69, 9.17) is 4.74 Å². The molecule has 1 amide bonds. The number of anilines is 1. The first-order valence-corrected chi connectivity index (χ1v) is 11.0. The number of nitrogens with zero attached hydrogens (tertiary/aromatic N) is 3. The number of carbonyl (C=O) groups excluding carboxylic acids is 1. The number of aromatic nitrogens is 1. The van der Waals surface area contributed by atoms with E-state index >= 15 is 0 Å². The molecule has 0 unspecified atom stereocenters. The second kappa shape index (κ2) is 8.43. The molecule has 1 fully saturated rings. The molecular formula is C21H23N3O2S2. The largest absolute Gasteiger partial charge is 0.378 e. The summed E-state index contributed by atoms with van der Waals surface area (Å²) in [5.74, 6) is 0.0220. The summed E-state index contributed by atoms with van der Waals surface area (Å²) < 4.78 is 5.41. The topological polar surface area (TPSA) is 45.7 Å². The first-order valence-electron chi connectivity index (χ1n) is 9.29. The Morgan fingerprint density at radius 1 is 1.21 bits per heavy atom. The van der Waals surface area contributed by atoms with Crippen molar-refractivity contribution in [2.75, 3.05) is 38.3 Å². The van der Waals surface area contributed by atoms with Gasteiger partial charge in [-0.3, -0.25) is 4.79 Å². The van der Waals surface area contributed by atoms with Crippen LogP contribution in [0.4, 0.5) is 5.69 Å². The van der Waals surface area contributed by atoms with Gasteiger partial charge in [0.25, 0.3) is 5.91 Å². The van der Waals surface area contributed by atoms with Crippen LogP contribution in [0.1, 0.15) is 20.9 Å². The zero-order valence-corrected chi connectivity index (χ0v) is 17.7. The van der Waals surface area contributed by atoms with Crippen LogP contribution in [0.5, 0.6) is 0 Å². The first-order chi connectivity index (χ1) is 13.6. The second-order valence-corrected chi connectivity index (χ2v) is 8.65. The molecule has 146 valence electrons. The van der Waals surface area contributed by atoms with Crippen molar-refractivity contribution in [2.24, 2.45) is 0 Å². The number of hydrogen-bond acceptors (Lipinski definition) is 6. The summed E-state index contributed by atoms with van der Waals surface area (Å²) in [5, 5.41) is 5.00. The fourth-order valence-electron chi connectivity index (χ4n) is 3.26. The summed E-state index contributed by atoms with van der Waals surface area (Å²) >= 11 is 3.11. The molecule has 3 heterocycles. The minimum atomic E-state index is 0.0220. The predicted octanol–water partition coefficient (Wildman–Crippen LogP) is 4.29. The summed E-state index contributed by atoms with van der Waals surface area (Å²) in [6, 6.07) is 10.5. The van der Waals surface area contributed by atoms with Crippen molar-refractivity contribution in [3.05, 3.63) is 57.2 Å². The minimum Gasteiger partial charge on any atom is -0.378 e. The van der Waals surface area contributed by atoms with Crippen LogP contribution >= 0.6 is 22.7 Å². The van der Waals surface area contributed by atoms with Crippen LogP contribution < -0.4 is 4.90 Å². The van der Waals surface area contributed by atoms with Gasteiger partial charge in [0, 0.05) is 43.3 Å². The number of rotatable bonds is 5. The molecule has 0 radical (unpaired) electrons. The average Bonchev–Trinajstić information content (AvgIpc) is 3.38. The number of hydrogen-bond donors (Lipinski definition) is 0. The Labute approximate surface area is 173 Å². The molecule has 28 heavy (non-hydrogen) atoms. The lowest BCUT2D eigenvalue weighted by molar-refractivity contribution is 0.0789. The number of morpholine rings is 1. The van der Waals surface area contributed by atoms with E-state index in [2.05, 4.69) is 39.5 Å². The standard InChI is InChI=1S/C21H23N3O2S2/c1-15-19(28-20(22-15)17-7-12-27-14-17)21(25)23(2)13-16-3-5-18(6-4-16)24-8-10-26-11-9-24/h3-7,12,14H,8-11,13H2,1-2H3. The highest BCUT2D eigenvalue weighted by atomic mass is 32.1. The third-order valence-corrected chi connectivity index (χ3v) is 6.72. The third-order valence-electron chi connectivity index (χ3n) is 4.84. The van der Waals surface area contributed by atoms with Crippen LogP contribution in [0, 0.1) is 6.92 Å². The molecule has 0 saturated carbocycles. The summed E-state index contributed by atoms with van der Waals surface area (Å²) in [6.45, 7) is 5.89. The summed E-state index contributed by atoms with van der Waals surface area (Å²) in [6.07, 6.45) is 0. The lowest BCUT2D eigenvalue weighted by atomic mass is 10.1. The maximum Gasteiger partial charge on any atom is 0.265 e. The fourth-order valence-corrected chi connectivity index (χ4v) is 5.03. The molecule has 0 aliphatic carbocycles. The Morgan fingerprint density at radius 2 is 1.96 bits per heavy atom. The molecule has 4 rings (SSSR count). The smallest absolute Gasteiger partial charge is 0.265 e. The quantitative estimate of drug-likeness (QED) is 0.626. The molecule has 7 heteroatoms. The Morgan fingerprint density at radius 3 is 2.64 bits per heavy atom. The number of carbonyl (C=O) groups is 1. The Balaban J connectivity index is 1.43. The highest BCUT2D eigenvalue weighted by Gasteiger charge is 2.20. The van der Waals surface area contributed by atoms with Gasteiger partial charge in [0.05, 0.1) is 18.9 Å². The highest BCUT2D eigenvalue weighted by molar-refractivity contribution is 7.17. The van der Waals surface area contributed by atoms with Crippen molar-refractivity contribution >= 4 is 34.3 Å². The third kappa shape index (κ3) is 4.11. The highest BCUT2D eigenvalue weighted by Crippen LogP contribution is 2.30. The van der Waals surface area contributed by atoms with Crippen LogP contribution in [0.2, 0.25) is 0 Å². The van der Waals surface area contributed by atoms with Gasteiger partial charge in [-0.2, -0.15) is 11.3 Å². The number of thiazole rings is 1. The zero-order chi connectivity index (χ0) is 19.5. The monoisotopic (exact) mass is 413 g/mol. The number of amides is 1. The van der Waals surface area contributed by atoms with Crippen molar-refractivity contribution in [3.63, 3.8) is 0 Å². The van der Waals surface area contributed by atoms with Crippen molar-refractivity contribution in [1.29, 1.82) is 0 Å². The van der Waals surface area contributed by atoms with Gasteiger partial charge >= 0.3 is 0 Å². The van der Waals surface area contributed by atoms with Gasteiger partial charge in [0.1, 0.15) is 9.88 Å². The van der Waals surface area contributed by atoms with Gasteiger partial charge in [-0.1, -0.05) is 12.1 Å². The lowest BCUT2D eigenvalue weighted by Gasteiger charge is -2.29. The lowest BCUT2D eigenvalue weighted by Crippen LogP contribution is -2.36. The van der Waals surface area contributed by atoms with Gasteiger partial charge < -0.3 is 14.5 Å². The van der Waals surface area contributed by atoms with E-state index in [1.165, 1.54) is 17.0 Å². The molecule has 0 N–H and O–H groups in total.